The van der Waals surface area contributed by atoms with Crippen LogP contribution in [0.2, 0.25) is 0 Å². The molecule has 1 aromatic carbocycles. The molecular formula is C19H21BrN4OS. The van der Waals surface area contributed by atoms with Crippen LogP contribution < -0.4 is 0 Å². The van der Waals surface area contributed by atoms with Crippen LogP contribution >= 0.6 is 27.3 Å². The molecule has 0 spiro atoms. The highest BCUT2D eigenvalue weighted by atomic mass is 79.9. The zero-order chi connectivity index (χ0) is 18.5. The Morgan fingerprint density at radius 1 is 1.27 bits per heavy atom. The molecule has 136 valence electrons. The van der Waals surface area contributed by atoms with Crippen molar-refractivity contribution in [3.05, 3.63) is 39.1 Å². The number of aromatic nitrogens is 1. The van der Waals surface area contributed by atoms with Crippen molar-refractivity contribution in [2.45, 2.75) is 12.8 Å². The SMILES string of the molecule is CCN1CCN(CC(=O)[C@H](C#N)c2nc(-c3ccc(Br)cc3)cs2)CC1. The second-order valence-corrected chi connectivity index (χ2v) is 8.12. The Balaban J connectivity index is 1.66. The van der Waals surface area contributed by atoms with Gasteiger partial charge in [0.2, 0.25) is 0 Å². The highest BCUT2D eigenvalue weighted by Gasteiger charge is 2.27. The summed E-state index contributed by atoms with van der Waals surface area (Å²) >= 11 is 4.80. The van der Waals surface area contributed by atoms with Crippen LogP contribution in [0.5, 0.6) is 0 Å². The minimum atomic E-state index is -0.784. The number of halogens is 1. The average molecular weight is 433 g/mol. The molecule has 0 saturated carbocycles. The molecule has 3 rings (SSSR count). The molecule has 7 heteroatoms. The molecule has 0 unspecified atom stereocenters. The largest absolute Gasteiger partial charge is 0.301 e. The Labute approximate surface area is 166 Å². The Hall–Kier alpha value is -1.59. The summed E-state index contributed by atoms with van der Waals surface area (Å²) < 4.78 is 1.00. The summed E-state index contributed by atoms with van der Waals surface area (Å²) in [4.78, 5) is 21.7. The van der Waals surface area contributed by atoms with Crippen molar-refractivity contribution in [2.75, 3.05) is 39.3 Å². The maximum Gasteiger partial charge on any atom is 0.170 e. The number of hydrogen-bond acceptors (Lipinski definition) is 6. The number of ketones is 1. The van der Waals surface area contributed by atoms with Crippen molar-refractivity contribution >= 4 is 33.0 Å². The molecule has 0 N–H and O–H groups in total. The topological polar surface area (TPSA) is 60.2 Å². The van der Waals surface area contributed by atoms with Crippen molar-refractivity contribution in [1.82, 2.24) is 14.8 Å². The van der Waals surface area contributed by atoms with Crippen LogP contribution in [0.4, 0.5) is 0 Å². The van der Waals surface area contributed by atoms with Crippen molar-refractivity contribution in [2.24, 2.45) is 0 Å². The lowest BCUT2D eigenvalue weighted by Gasteiger charge is -2.33. The van der Waals surface area contributed by atoms with Crippen LogP contribution in [0.1, 0.15) is 17.8 Å². The molecule has 0 aliphatic carbocycles. The first kappa shape index (κ1) is 19.2. The molecule has 1 aliphatic heterocycles. The molecule has 5 nitrogen and oxygen atoms in total. The molecule has 0 bridgehead atoms. The third-order valence-corrected chi connectivity index (χ3v) is 6.09. The smallest absolute Gasteiger partial charge is 0.170 e. The lowest BCUT2D eigenvalue weighted by atomic mass is 10.1. The van der Waals surface area contributed by atoms with E-state index in [1.165, 1.54) is 11.3 Å². The van der Waals surface area contributed by atoms with Crippen molar-refractivity contribution in [1.29, 1.82) is 5.26 Å². The van der Waals surface area contributed by atoms with E-state index >= 15 is 0 Å². The summed E-state index contributed by atoms with van der Waals surface area (Å²) in [6, 6.07) is 10.0. The molecule has 1 aromatic heterocycles. The van der Waals surface area contributed by atoms with Crippen LogP contribution in [0, 0.1) is 11.3 Å². The van der Waals surface area contributed by atoms with Gasteiger partial charge >= 0.3 is 0 Å². The van der Waals surface area contributed by atoms with Gasteiger partial charge in [0.1, 0.15) is 5.01 Å². The minimum absolute atomic E-state index is 0.0610. The second kappa shape index (κ2) is 8.87. The summed E-state index contributed by atoms with van der Waals surface area (Å²) in [6.07, 6.45) is 0. The van der Waals surface area contributed by atoms with E-state index in [0.717, 1.165) is 48.5 Å². The summed E-state index contributed by atoms with van der Waals surface area (Å²) in [6.45, 7) is 7.22. The maximum atomic E-state index is 12.7. The van der Waals surface area contributed by atoms with Crippen LogP contribution in [0.15, 0.2) is 34.1 Å². The number of piperazine rings is 1. The van der Waals surface area contributed by atoms with E-state index in [2.05, 4.69) is 43.7 Å². The standard InChI is InChI=1S/C19H21BrN4OS/c1-2-23-7-9-24(10-8-23)12-18(25)16(11-21)19-22-17(13-26-19)14-3-5-15(20)6-4-14/h3-6,13,16H,2,7-10,12H2,1H3/t16-/m0/s1. The van der Waals surface area contributed by atoms with Gasteiger partial charge in [0.05, 0.1) is 18.3 Å². The molecule has 1 atom stereocenters. The molecule has 1 aliphatic rings. The van der Waals surface area contributed by atoms with Crippen molar-refractivity contribution < 1.29 is 4.79 Å². The number of nitrogens with zero attached hydrogens (tertiary/aromatic N) is 4. The van der Waals surface area contributed by atoms with Gasteiger partial charge < -0.3 is 4.90 Å². The normalized spacial score (nSPS) is 17.0. The Morgan fingerprint density at radius 2 is 1.92 bits per heavy atom. The zero-order valence-corrected chi connectivity index (χ0v) is 17.1. The van der Waals surface area contributed by atoms with Crippen LogP contribution in [0.3, 0.4) is 0 Å². The van der Waals surface area contributed by atoms with Crippen LogP contribution in [-0.2, 0) is 4.79 Å². The molecule has 2 aromatic rings. The summed E-state index contributed by atoms with van der Waals surface area (Å²) in [5, 5.41) is 12.0. The Kier molecular flexibility index (Phi) is 6.54. The van der Waals surface area contributed by atoms with Gasteiger partial charge in [-0.05, 0) is 18.7 Å². The number of benzene rings is 1. The number of hydrogen-bond donors (Lipinski definition) is 0. The van der Waals surface area contributed by atoms with Crippen molar-refractivity contribution in [3.63, 3.8) is 0 Å². The van der Waals surface area contributed by atoms with E-state index in [1.807, 2.05) is 29.6 Å². The van der Waals surface area contributed by atoms with Gasteiger partial charge in [-0.1, -0.05) is 35.0 Å². The first-order valence-electron chi connectivity index (χ1n) is 8.69. The van der Waals surface area contributed by atoms with Crippen LogP contribution in [-0.4, -0.2) is 59.8 Å². The second-order valence-electron chi connectivity index (χ2n) is 6.32. The molecule has 0 amide bonds. The molecule has 26 heavy (non-hydrogen) atoms. The van der Waals surface area contributed by atoms with Crippen molar-refractivity contribution in [3.8, 4) is 17.3 Å². The number of Topliss-reactive ketones (excluding diaryl/α,β-unsaturated/α-hetero) is 1. The van der Waals surface area contributed by atoms with Crippen LogP contribution in [0.25, 0.3) is 11.3 Å². The maximum absolute atomic E-state index is 12.7. The number of nitriles is 1. The van der Waals surface area contributed by atoms with Gasteiger partial charge in [-0.2, -0.15) is 5.26 Å². The van der Waals surface area contributed by atoms with Gasteiger partial charge in [-0.3, -0.25) is 9.69 Å². The first-order chi connectivity index (χ1) is 12.6. The zero-order valence-electron chi connectivity index (χ0n) is 14.7. The molecule has 2 heterocycles. The Morgan fingerprint density at radius 3 is 2.54 bits per heavy atom. The summed E-state index contributed by atoms with van der Waals surface area (Å²) in [7, 11) is 0. The first-order valence-corrected chi connectivity index (χ1v) is 10.4. The van der Waals surface area contributed by atoms with E-state index in [9.17, 15) is 10.1 Å². The third kappa shape index (κ3) is 4.57. The monoisotopic (exact) mass is 432 g/mol. The van der Waals surface area contributed by atoms with Gasteiger partial charge in [0, 0.05) is 41.6 Å². The average Bonchev–Trinajstić information content (AvgIpc) is 3.13. The summed E-state index contributed by atoms with van der Waals surface area (Å²) in [5.74, 6) is -0.845. The molecular weight excluding hydrogens is 412 g/mol. The third-order valence-electron chi connectivity index (χ3n) is 4.65. The number of thiazole rings is 1. The fourth-order valence-corrected chi connectivity index (χ4v) is 4.17. The molecule has 1 fully saturated rings. The van der Waals surface area contributed by atoms with E-state index in [-0.39, 0.29) is 5.78 Å². The Bertz CT molecular complexity index is 791. The predicted molar refractivity (Wildman–Crippen MR) is 107 cm³/mol. The van der Waals surface area contributed by atoms with Gasteiger partial charge in [0.15, 0.2) is 11.7 Å². The van der Waals surface area contributed by atoms with E-state index in [0.29, 0.717) is 11.6 Å². The number of rotatable bonds is 6. The van der Waals surface area contributed by atoms with E-state index in [1.54, 1.807) is 0 Å². The fourth-order valence-electron chi connectivity index (χ4n) is 3.01. The van der Waals surface area contributed by atoms with Gasteiger partial charge in [0.25, 0.3) is 0 Å². The minimum Gasteiger partial charge on any atom is -0.301 e. The number of carbonyl (C=O) groups excluding carboxylic acids is 1. The molecule has 0 radical (unpaired) electrons. The molecule has 1 saturated heterocycles. The van der Waals surface area contributed by atoms with E-state index in [4.69, 9.17) is 0 Å². The highest BCUT2D eigenvalue weighted by molar-refractivity contribution is 9.10. The predicted octanol–water partition coefficient (Wildman–Crippen LogP) is 3.39. The lowest BCUT2D eigenvalue weighted by molar-refractivity contribution is -0.120. The quantitative estimate of drug-likeness (QED) is 0.699. The number of likely N-dealkylation sites (N-methyl/N-ethyl adjacent to an activating group) is 1. The highest BCUT2D eigenvalue weighted by Crippen LogP contribution is 2.28. The lowest BCUT2D eigenvalue weighted by Crippen LogP contribution is -2.48. The fraction of sp³-hybridized carbons (Fsp3) is 0.421. The van der Waals surface area contributed by atoms with E-state index < -0.39 is 5.92 Å². The van der Waals surface area contributed by atoms with Gasteiger partial charge in [-0.25, -0.2) is 4.98 Å². The van der Waals surface area contributed by atoms with Gasteiger partial charge in [-0.15, -0.1) is 11.3 Å². The number of carbonyl (C=O) groups is 1. The summed E-state index contributed by atoms with van der Waals surface area (Å²) in [5.41, 5.74) is 1.79.